The predicted molar refractivity (Wildman–Crippen MR) is 84.1 cm³/mol. The highest BCUT2D eigenvalue weighted by atomic mass is 35.5. The number of hydrogen-bond acceptors (Lipinski definition) is 2. The minimum Gasteiger partial charge on any atom is -0.366 e. The molecule has 1 aromatic carbocycles. The van der Waals surface area contributed by atoms with Crippen LogP contribution in [0, 0.1) is 0 Å². The molecule has 1 aromatic rings. The van der Waals surface area contributed by atoms with E-state index in [-0.39, 0.29) is 5.54 Å². The number of hydrogen-bond donors (Lipinski definition) is 1. The topological polar surface area (TPSA) is 15.3 Å². The average molecular weight is 281 g/mol. The van der Waals surface area contributed by atoms with E-state index in [1.54, 1.807) is 0 Å². The number of nitrogens with one attached hydrogen (secondary N) is 1. The van der Waals surface area contributed by atoms with Crippen molar-refractivity contribution in [2.24, 2.45) is 0 Å². The molecule has 106 valence electrons. The smallest absolute Gasteiger partial charge is 0.0471 e. The average Bonchev–Trinajstić information content (AvgIpc) is 2.66. The van der Waals surface area contributed by atoms with Crippen molar-refractivity contribution in [3.8, 4) is 0 Å². The number of benzene rings is 1. The Balaban J connectivity index is 2.31. The molecule has 0 radical (unpaired) electrons. The third-order valence-electron chi connectivity index (χ3n) is 3.97. The van der Waals surface area contributed by atoms with Gasteiger partial charge >= 0.3 is 0 Å². The van der Waals surface area contributed by atoms with E-state index in [1.165, 1.54) is 24.1 Å². The Morgan fingerprint density at radius 3 is 2.68 bits per heavy atom. The molecule has 2 nitrogen and oxygen atoms in total. The molecule has 1 aliphatic heterocycles. The number of anilines is 1. The molecular formula is C16H25ClN2. The van der Waals surface area contributed by atoms with Gasteiger partial charge in [-0.2, -0.15) is 0 Å². The van der Waals surface area contributed by atoms with Crippen LogP contribution in [-0.2, 0) is 6.54 Å². The molecule has 0 aromatic heterocycles. The van der Waals surface area contributed by atoms with Crippen LogP contribution in [0.25, 0.3) is 0 Å². The van der Waals surface area contributed by atoms with Crippen LogP contribution in [0.5, 0.6) is 0 Å². The van der Waals surface area contributed by atoms with Crippen LogP contribution in [0.1, 0.15) is 46.1 Å². The molecular weight excluding hydrogens is 256 g/mol. The summed E-state index contributed by atoms with van der Waals surface area (Å²) in [7, 11) is 0. The van der Waals surface area contributed by atoms with Gasteiger partial charge in [-0.15, -0.1) is 0 Å². The van der Waals surface area contributed by atoms with Gasteiger partial charge in [0.15, 0.2) is 0 Å². The number of nitrogens with zero attached hydrogens (tertiary/aromatic N) is 1. The fourth-order valence-electron chi connectivity index (χ4n) is 2.84. The van der Waals surface area contributed by atoms with Crippen LogP contribution in [-0.4, -0.2) is 18.1 Å². The Hall–Kier alpha value is -0.730. The summed E-state index contributed by atoms with van der Waals surface area (Å²) in [5.74, 6) is 0. The van der Waals surface area contributed by atoms with Crippen LogP contribution >= 0.6 is 11.6 Å². The lowest BCUT2D eigenvalue weighted by Gasteiger charge is -2.35. The van der Waals surface area contributed by atoms with Gasteiger partial charge in [-0.3, -0.25) is 0 Å². The maximum Gasteiger partial charge on any atom is 0.0471 e. The van der Waals surface area contributed by atoms with E-state index < -0.39 is 0 Å². The highest BCUT2D eigenvalue weighted by Crippen LogP contribution is 2.37. The summed E-state index contributed by atoms with van der Waals surface area (Å²) < 4.78 is 0. The Labute approximate surface area is 122 Å². The highest BCUT2D eigenvalue weighted by Gasteiger charge is 2.33. The van der Waals surface area contributed by atoms with Crippen molar-refractivity contribution in [3.05, 3.63) is 28.8 Å². The van der Waals surface area contributed by atoms with Gasteiger partial charge < -0.3 is 10.2 Å². The molecule has 0 unspecified atom stereocenters. The van der Waals surface area contributed by atoms with E-state index in [4.69, 9.17) is 11.6 Å². The van der Waals surface area contributed by atoms with E-state index in [9.17, 15) is 0 Å². The van der Waals surface area contributed by atoms with Gasteiger partial charge in [-0.25, -0.2) is 0 Å². The second kappa shape index (κ2) is 5.72. The summed E-state index contributed by atoms with van der Waals surface area (Å²) in [6.07, 6.45) is 2.51. The minimum atomic E-state index is 0.233. The van der Waals surface area contributed by atoms with Crippen molar-refractivity contribution in [3.63, 3.8) is 0 Å². The molecule has 0 amide bonds. The van der Waals surface area contributed by atoms with E-state index in [1.807, 2.05) is 6.07 Å². The number of halogens is 1. The first kappa shape index (κ1) is 14.7. The minimum absolute atomic E-state index is 0.233. The standard InChI is InChI=1S/C16H25ClN2/c1-12(2)18-11-13-14(17)7-5-8-15(13)19-10-6-9-16(19,3)4/h5,7-8,12,18H,6,9-11H2,1-4H3. The zero-order valence-electron chi connectivity index (χ0n) is 12.5. The summed E-state index contributed by atoms with van der Waals surface area (Å²) >= 11 is 6.42. The normalized spacial score (nSPS) is 18.3. The van der Waals surface area contributed by atoms with Crippen molar-refractivity contribution in [1.29, 1.82) is 0 Å². The highest BCUT2D eigenvalue weighted by molar-refractivity contribution is 6.31. The van der Waals surface area contributed by atoms with E-state index in [0.29, 0.717) is 6.04 Å². The molecule has 0 spiro atoms. The molecule has 0 aliphatic carbocycles. The maximum absolute atomic E-state index is 6.42. The summed E-state index contributed by atoms with van der Waals surface area (Å²) in [5, 5.41) is 4.35. The predicted octanol–water partition coefficient (Wildman–Crippen LogP) is 4.22. The number of rotatable bonds is 4. The summed E-state index contributed by atoms with van der Waals surface area (Å²) in [5.41, 5.74) is 2.76. The van der Waals surface area contributed by atoms with Crippen molar-refractivity contribution in [1.82, 2.24) is 5.32 Å². The summed E-state index contributed by atoms with van der Waals surface area (Å²) in [6, 6.07) is 6.72. The van der Waals surface area contributed by atoms with Crippen molar-refractivity contribution in [2.45, 2.75) is 58.7 Å². The quantitative estimate of drug-likeness (QED) is 0.888. The maximum atomic E-state index is 6.42. The second-order valence-corrected chi connectivity index (χ2v) is 6.75. The van der Waals surface area contributed by atoms with Gasteiger partial charge in [0.1, 0.15) is 0 Å². The van der Waals surface area contributed by atoms with Crippen molar-refractivity contribution in [2.75, 3.05) is 11.4 Å². The first-order chi connectivity index (χ1) is 8.92. The fraction of sp³-hybridized carbons (Fsp3) is 0.625. The molecule has 1 saturated heterocycles. The van der Waals surface area contributed by atoms with Crippen LogP contribution < -0.4 is 10.2 Å². The molecule has 1 N–H and O–H groups in total. The van der Waals surface area contributed by atoms with Crippen LogP contribution in [0.15, 0.2) is 18.2 Å². The van der Waals surface area contributed by atoms with E-state index >= 15 is 0 Å². The zero-order chi connectivity index (χ0) is 14.0. The van der Waals surface area contributed by atoms with Crippen LogP contribution in [0.4, 0.5) is 5.69 Å². The molecule has 2 rings (SSSR count). The van der Waals surface area contributed by atoms with Gasteiger partial charge in [0, 0.05) is 40.9 Å². The first-order valence-electron chi connectivity index (χ1n) is 7.20. The summed E-state index contributed by atoms with van der Waals surface area (Å²) in [4.78, 5) is 2.51. The van der Waals surface area contributed by atoms with Gasteiger partial charge in [-0.05, 0) is 38.8 Å². The molecule has 1 fully saturated rings. The van der Waals surface area contributed by atoms with Crippen LogP contribution in [0.2, 0.25) is 5.02 Å². The van der Waals surface area contributed by atoms with E-state index in [0.717, 1.165) is 18.1 Å². The Morgan fingerprint density at radius 2 is 2.11 bits per heavy atom. The van der Waals surface area contributed by atoms with Crippen molar-refractivity contribution < 1.29 is 0 Å². The lowest BCUT2D eigenvalue weighted by atomic mass is 10.0. The molecule has 19 heavy (non-hydrogen) atoms. The SMILES string of the molecule is CC(C)NCc1c(Cl)cccc1N1CCCC1(C)C. The Morgan fingerprint density at radius 1 is 1.37 bits per heavy atom. The lowest BCUT2D eigenvalue weighted by molar-refractivity contribution is 0.514. The van der Waals surface area contributed by atoms with Crippen LogP contribution in [0.3, 0.4) is 0 Å². The van der Waals surface area contributed by atoms with Gasteiger partial charge in [0.25, 0.3) is 0 Å². The van der Waals surface area contributed by atoms with Gasteiger partial charge in [-0.1, -0.05) is 31.5 Å². The first-order valence-corrected chi connectivity index (χ1v) is 7.58. The third kappa shape index (κ3) is 3.24. The Bertz CT molecular complexity index is 440. The lowest BCUT2D eigenvalue weighted by Crippen LogP contribution is -2.39. The summed E-state index contributed by atoms with van der Waals surface area (Å²) in [6.45, 7) is 10.9. The van der Waals surface area contributed by atoms with Gasteiger partial charge in [0.05, 0.1) is 0 Å². The Kier molecular flexibility index (Phi) is 4.42. The monoisotopic (exact) mass is 280 g/mol. The molecule has 0 saturated carbocycles. The molecule has 1 heterocycles. The molecule has 0 atom stereocenters. The fourth-order valence-corrected chi connectivity index (χ4v) is 3.07. The van der Waals surface area contributed by atoms with Gasteiger partial charge in [0.2, 0.25) is 0 Å². The third-order valence-corrected chi connectivity index (χ3v) is 4.33. The largest absolute Gasteiger partial charge is 0.366 e. The second-order valence-electron chi connectivity index (χ2n) is 6.34. The zero-order valence-corrected chi connectivity index (χ0v) is 13.2. The van der Waals surface area contributed by atoms with Crippen molar-refractivity contribution >= 4 is 17.3 Å². The molecule has 0 bridgehead atoms. The molecule has 1 aliphatic rings. The van der Waals surface area contributed by atoms with E-state index in [2.05, 4.69) is 50.0 Å². The molecule has 3 heteroatoms.